The predicted octanol–water partition coefficient (Wildman–Crippen LogP) is 4.79. The number of aromatic nitrogens is 1. The van der Waals surface area contributed by atoms with Crippen LogP contribution in [0.1, 0.15) is 26.3 Å². The molecule has 1 aromatic heterocycles. The minimum absolute atomic E-state index is 0.155. The molecule has 0 fully saturated rings. The largest absolute Gasteiger partial charge is 0.302 e. The SMILES string of the molecule is O=C(Cc1ccc(N2C(=O)c3ccccc3C2=O)cc1)Nc1nc(-c2ccccc2)cs1. The average Bonchev–Trinajstić information content (AvgIpc) is 3.38. The van der Waals surface area contributed by atoms with E-state index in [-0.39, 0.29) is 24.1 Å². The first-order valence-electron chi connectivity index (χ1n) is 9.98. The molecule has 1 aliphatic rings. The topological polar surface area (TPSA) is 79.4 Å². The van der Waals surface area contributed by atoms with Crippen LogP contribution in [0.4, 0.5) is 10.8 Å². The van der Waals surface area contributed by atoms with Gasteiger partial charge >= 0.3 is 0 Å². The van der Waals surface area contributed by atoms with Gasteiger partial charge in [-0.25, -0.2) is 9.88 Å². The van der Waals surface area contributed by atoms with Crippen molar-refractivity contribution in [3.05, 3.63) is 101 Å². The number of thiazole rings is 1. The van der Waals surface area contributed by atoms with Gasteiger partial charge in [0.15, 0.2) is 5.13 Å². The maximum absolute atomic E-state index is 12.6. The van der Waals surface area contributed by atoms with Gasteiger partial charge in [0.2, 0.25) is 5.91 Å². The van der Waals surface area contributed by atoms with E-state index in [0.717, 1.165) is 21.7 Å². The molecule has 5 rings (SSSR count). The van der Waals surface area contributed by atoms with Crippen molar-refractivity contribution in [3.8, 4) is 11.3 Å². The van der Waals surface area contributed by atoms with Crippen molar-refractivity contribution in [1.82, 2.24) is 4.98 Å². The Labute approximate surface area is 188 Å². The van der Waals surface area contributed by atoms with Crippen molar-refractivity contribution in [2.45, 2.75) is 6.42 Å². The Morgan fingerprint density at radius 3 is 2.12 bits per heavy atom. The third-order valence-electron chi connectivity index (χ3n) is 5.17. The number of hydrogen-bond acceptors (Lipinski definition) is 5. The van der Waals surface area contributed by atoms with Crippen molar-refractivity contribution in [1.29, 1.82) is 0 Å². The fraction of sp³-hybridized carbons (Fsp3) is 0.0400. The van der Waals surface area contributed by atoms with E-state index >= 15 is 0 Å². The number of benzene rings is 3. The molecule has 0 saturated carbocycles. The van der Waals surface area contributed by atoms with Crippen molar-refractivity contribution in [3.63, 3.8) is 0 Å². The highest BCUT2D eigenvalue weighted by molar-refractivity contribution is 7.14. The zero-order valence-corrected chi connectivity index (χ0v) is 17.6. The van der Waals surface area contributed by atoms with Gasteiger partial charge < -0.3 is 5.32 Å². The average molecular weight is 439 g/mol. The molecule has 0 spiro atoms. The number of anilines is 2. The summed E-state index contributed by atoms with van der Waals surface area (Å²) in [5.41, 5.74) is 3.86. The van der Waals surface area contributed by atoms with Crippen LogP contribution >= 0.6 is 11.3 Å². The van der Waals surface area contributed by atoms with Crippen LogP contribution in [0.15, 0.2) is 84.2 Å². The molecule has 0 atom stereocenters. The predicted molar refractivity (Wildman–Crippen MR) is 124 cm³/mol. The molecule has 2 heterocycles. The van der Waals surface area contributed by atoms with Crippen LogP contribution in [0.3, 0.4) is 0 Å². The second-order valence-corrected chi connectivity index (χ2v) is 8.14. The van der Waals surface area contributed by atoms with Crippen LogP contribution in [0.5, 0.6) is 0 Å². The normalized spacial score (nSPS) is 12.7. The molecule has 4 aromatic rings. The van der Waals surface area contributed by atoms with Gasteiger partial charge in [-0.1, -0.05) is 54.6 Å². The van der Waals surface area contributed by atoms with E-state index in [1.165, 1.54) is 11.3 Å². The molecule has 1 aliphatic heterocycles. The smallest absolute Gasteiger partial charge is 0.266 e. The summed E-state index contributed by atoms with van der Waals surface area (Å²) >= 11 is 1.37. The fourth-order valence-electron chi connectivity index (χ4n) is 3.61. The Kier molecular flexibility index (Phi) is 5.09. The lowest BCUT2D eigenvalue weighted by molar-refractivity contribution is -0.115. The van der Waals surface area contributed by atoms with E-state index in [9.17, 15) is 14.4 Å². The summed E-state index contributed by atoms with van der Waals surface area (Å²) < 4.78 is 0. The summed E-state index contributed by atoms with van der Waals surface area (Å²) in [5, 5.41) is 5.27. The molecule has 0 unspecified atom stereocenters. The van der Waals surface area contributed by atoms with Crippen LogP contribution in [0.2, 0.25) is 0 Å². The van der Waals surface area contributed by atoms with Gasteiger partial charge in [0, 0.05) is 10.9 Å². The molecule has 32 heavy (non-hydrogen) atoms. The second-order valence-electron chi connectivity index (χ2n) is 7.29. The Bertz CT molecular complexity index is 1300. The number of imide groups is 1. The number of fused-ring (bicyclic) bond motifs is 1. The molecule has 1 N–H and O–H groups in total. The molecule has 0 saturated heterocycles. The number of rotatable bonds is 5. The lowest BCUT2D eigenvalue weighted by Gasteiger charge is -2.14. The number of nitrogens with one attached hydrogen (secondary N) is 1. The van der Waals surface area contributed by atoms with Crippen LogP contribution < -0.4 is 10.2 Å². The lowest BCUT2D eigenvalue weighted by Crippen LogP contribution is -2.29. The third-order valence-corrected chi connectivity index (χ3v) is 5.93. The molecular formula is C25H17N3O3S. The van der Waals surface area contributed by atoms with Crippen LogP contribution in [-0.4, -0.2) is 22.7 Å². The van der Waals surface area contributed by atoms with Gasteiger partial charge in [-0.05, 0) is 29.8 Å². The summed E-state index contributed by atoms with van der Waals surface area (Å²) in [6.07, 6.45) is 0.155. The summed E-state index contributed by atoms with van der Waals surface area (Å²) in [6.45, 7) is 0. The first kappa shape index (κ1) is 19.8. The van der Waals surface area contributed by atoms with E-state index in [1.807, 2.05) is 35.7 Å². The maximum atomic E-state index is 12.6. The van der Waals surface area contributed by atoms with E-state index in [0.29, 0.717) is 21.9 Å². The van der Waals surface area contributed by atoms with Gasteiger partial charge in [0.25, 0.3) is 11.8 Å². The Morgan fingerprint density at radius 1 is 0.844 bits per heavy atom. The third kappa shape index (κ3) is 3.70. The number of nitrogens with zero attached hydrogens (tertiary/aromatic N) is 2. The molecule has 0 bridgehead atoms. The summed E-state index contributed by atoms with van der Waals surface area (Å²) in [4.78, 5) is 43.3. The number of carbonyl (C=O) groups is 3. The quantitative estimate of drug-likeness (QED) is 0.454. The van der Waals surface area contributed by atoms with E-state index < -0.39 is 0 Å². The lowest BCUT2D eigenvalue weighted by atomic mass is 10.1. The highest BCUT2D eigenvalue weighted by Crippen LogP contribution is 2.29. The molecule has 3 amide bonds. The standard InChI is InChI=1S/C25H17N3O3S/c29-22(27-25-26-21(15-32-25)17-6-2-1-3-7-17)14-16-10-12-18(13-11-16)28-23(30)19-8-4-5-9-20(19)24(28)31/h1-13,15H,14H2,(H,26,27,29). The summed E-state index contributed by atoms with van der Waals surface area (Å²) in [5.74, 6) is -0.865. The number of hydrogen-bond donors (Lipinski definition) is 1. The van der Waals surface area contributed by atoms with Crippen molar-refractivity contribution < 1.29 is 14.4 Å². The van der Waals surface area contributed by atoms with Crippen LogP contribution in [0.25, 0.3) is 11.3 Å². The Morgan fingerprint density at radius 2 is 1.47 bits per heavy atom. The Hall–Kier alpha value is -4.10. The van der Waals surface area contributed by atoms with Crippen molar-refractivity contribution in [2.75, 3.05) is 10.2 Å². The first-order valence-corrected chi connectivity index (χ1v) is 10.9. The maximum Gasteiger partial charge on any atom is 0.266 e. The fourth-order valence-corrected chi connectivity index (χ4v) is 4.34. The zero-order chi connectivity index (χ0) is 22.1. The van der Waals surface area contributed by atoms with E-state index in [2.05, 4.69) is 10.3 Å². The van der Waals surface area contributed by atoms with Gasteiger partial charge in [-0.2, -0.15) is 0 Å². The monoisotopic (exact) mass is 439 g/mol. The minimum atomic E-state index is -0.339. The number of amides is 3. The minimum Gasteiger partial charge on any atom is -0.302 e. The van der Waals surface area contributed by atoms with Gasteiger partial charge in [-0.15, -0.1) is 11.3 Å². The second kappa shape index (κ2) is 8.20. The van der Waals surface area contributed by atoms with Gasteiger partial charge in [0.1, 0.15) is 0 Å². The zero-order valence-electron chi connectivity index (χ0n) is 16.8. The molecule has 6 nitrogen and oxygen atoms in total. The molecule has 0 radical (unpaired) electrons. The molecule has 156 valence electrons. The van der Waals surface area contributed by atoms with E-state index in [1.54, 1.807) is 48.5 Å². The first-order chi connectivity index (χ1) is 15.6. The molecule has 7 heteroatoms. The highest BCUT2D eigenvalue weighted by Gasteiger charge is 2.36. The van der Waals surface area contributed by atoms with Crippen LogP contribution in [-0.2, 0) is 11.2 Å². The van der Waals surface area contributed by atoms with Gasteiger partial charge in [-0.3, -0.25) is 14.4 Å². The summed E-state index contributed by atoms with van der Waals surface area (Å²) in [7, 11) is 0. The molecule has 3 aromatic carbocycles. The highest BCUT2D eigenvalue weighted by atomic mass is 32.1. The van der Waals surface area contributed by atoms with Crippen molar-refractivity contribution >= 4 is 39.9 Å². The van der Waals surface area contributed by atoms with E-state index in [4.69, 9.17) is 0 Å². The van der Waals surface area contributed by atoms with Gasteiger partial charge in [0.05, 0.1) is 28.9 Å². The summed E-state index contributed by atoms with van der Waals surface area (Å²) in [6, 6.07) is 23.4. The number of carbonyl (C=O) groups excluding carboxylic acids is 3. The molecule has 0 aliphatic carbocycles. The van der Waals surface area contributed by atoms with Crippen molar-refractivity contribution in [2.24, 2.45) is 0 Å². The van der Waals surface area contributed by atoms with Crippen LogP contribution in [0, 0.1) is 0 Å². The molecular weight excluding hydrogens is 422 g/mol. The Balaban J connectivity index is 1.25.